The lowest BCUT2D eigenvalue weighted by Gasteiger charge is -2.31. The van der Waals surface area contributed by atoms with Crippen molar-refractivity contribution in [3.63, 3.8) is 0 Å². The largest absolute Gasteiger partial charge is 0.389 e. The second kappa shape index (κ2) is 8.64. The normalized spacial score (nSPS) is 20.3. The average Bonchev–Trinajstić information content (AvgIpc) is 2.70. The Labute approximate surface area is 159 Å². The van der Waals surface area contributed by atoms with Crippen LogP contribution < -0.4 is 10.6 Å². The number of benzene rings is 2. The van der Waals surface area contributed by atoms with Gasteiger partial charge in [0.15, 0.2) is 0 Å². The molecule has 2 aromatic rings. The van der Waals surface area contributed by atoms with E-state index in [1.165, 1.54) is 0 Å². The molecule has 3 atom stereocenters. The minimum absolute atomic E-state index is 0.145. The summed E-state index contributed by atoms with van der Waals surface area (Å²) in [6, 6.07) is 17.6. The van der Waals surface area contributed by atoms with Crippen LogP contribution in [0.1, 0.15) is 40.5 Å². The summed E-state index contributed by atoms with van der Waals surface area (Å²) in [6.07, 6.45) is 2.50. The monoisotopic (exact) mass is 364 g/mol. The minimum atomic E-state index is -0.706. The zero-order valence-corrected chi connectivity index (χ0v) is 15.3. The molecule has 1 aliphatic carbocycles. The van der Waals surface area contributed by atoms with Gasteiger partial charge in [-0.3, -0.25) is 9.59 Å². The van der Waals surface area contributed by atoms with E-state index in [4.69, 9.17) is 0 Å². The molecule has 2 aromatic carbocycles. The van der Waals surface area contributed by atoms with Crippen molar-refractivity contribution in [1.29, 1.82) is 0 Å². The van der Waals surface area contributed by atoms with Gasteiger partial charge in [-0.1, -0.05) is 42.5 Å². The maximum absolute atomic E-state index is 12.4. The molecule has 0 bridgehead atoms. The maximum atomic E-state index is 12.4. The third-order valence-corrected chi connectivity index (χ3v) is 4.74. The molecular formula is C22H24N2O3. The number of carbonyl (C=O) groups is 2. The Kier molecular flexibility index (Phi) is 6.04. The Morgan fingerprint density at radius 2 is 1.41 bits per heavy atom. The van der Waals surface area contributed by atoms with Crippen molar-refractivity contribution in [2.24, 2.45) is 0 Å². The number of amides is 2. The van der Waals surface area contributed by atoms with Crippen LogP contribution in [0.15, 0.2) is 72.3 Å². The molecule has 1 aliphatic rings. The standard InChI is InChI=1S/C22H24N2O3/c1-15(25)19-14-18(23-21(26)16-8-4-2-5-9-16)12-13-20(19)24-22(27)17-10-6-3-7-11-17/h2-11,14-15,18,20,25H,12-13H2,1H3,(H,23,26)(H,24,27)/t15-,18-,20+/m1/s1. The summed E-state index contributed by atoms with van der Waals surface area (Å²) in [4.78, 5) is 24.8. The fraction of sp³-hybridized carbons (Fsp3) is 0.273. The van der Waals surface area contributed by atoms with Gasteiger partial charge in [0.1, 0.15) is 0 Å². The summed E-state index contributed by atoms with van der Waals surface area (Å²) in [5.41, 5.74) is 1.91. The smallest absolute Gasteiger partial charge is 0.251 e. The Morgan fingerprint density at radius 1 is 0.889 bits per heavy atom. The van der Waals surface area contributed by atoms with Gasteiger partial charge in [0.05, 0.1) is 12.1 Å². The van der Waals surface area contributed by atoms with Crippen LogP contribution >= 0.6 is 0 Å². The molecule has 2 amide bonds. The average molecular weight is 364 g/mol. The highest BCUT2D eigenvalue weighted by atomic mass is 16.3. The third-order valence-electron chi connectivity index (χ3n) is 4.74. The molecule has 5 nitrogen and oxygen atoms in total. The predicted molar refractivity (Wildman–Crippen MR) is 104 cm³/mol. The molecule has 140 valence electrons. The third kappa shape index (κ3) is 4.83. The first-order chi connectivity index (χ1) is 13.0. The molecule has 5 heteroatoms. The van der Waals surface area contributed by atoms with Gasteiger partial charge in [-0.2, -0.15) is 0 Å². The molecule has 0 aromatic heterocycles. The quantitative estimate of drug-likeness (QED) is 0.714. The number of aliphatic hydroxyl groups excluding tert-OH is 1. The topological polar surface area (TPSA) is 78.4 Å². The van der Waals surface area contributed by atoms with Gasteiger partial charge in [-0.05, 0) is 49.6 Å². The van der Waals surface area contributed by atoms with Gasteiger partial charge in [0, 0.05) is 17.2 Å². The van der Waals surface area contributed by atoms with Crippen LogP contribution in [-0.4, -0.2) is 35.1 Å². The molecule has 0 fully saturated rings. The summed E-state index contributed by atoms with van der Waals surface area (Å²) in [6.45, 7) is 1.68. The van der Waals surface area contributed by atoms with Crippen molar-refractivity contribution in [3.8, 4) is 0 Å². The van der Waals surface area contributed by atoms with Crippen LogP contribution in [0.25, 0.3) is 0 Å². The van der Waals surface area contributed by atoms with Crippen LogP contribution in [0.5, 0.6) is 0 Å². The van der Waals surface area contributed by atoms with E-state index in [2.05, 4.69) is 10.6 Å². The molecule has 0 saturated carbocycles. The SMILES string of the molecule is C[C@@H](O)C1=C[C@H](NC(=O)c2ccccc2)CC[C@@H]1NC(=O)c1ccccc1. The summed E-state index contributed by atoms with van der Waals surface area (Å²) in [5.74, 6) is -0.313. The first kappa shape index (κ1) is 18.9. The molecule has 0 spiro atoms. The van der Waals surface area contributed by atoms with E-state index in [0.29, 0.717) is 24.0 Å². The van der Waals surface area contributed by atoms with E-state index < -0.39 is 6.10 Å². The van der Waals surface area contributed by atoms with Crippen LogP contribution in [-0.2, 0) is 0 Å². The lowest BCUT2D eigenvalue weighted by Crippen LogP contribution is -2.45. The molecule has 0 unspecified atom stereocenters. The molecule has 0 aliphatic heterocycles. The van der Waals surface area contributed by atoms with Gasteiger partial charge in [-0.25, -0.2) is 0 Å². The second-order valence-corrected chi connectivity index (χ2v) is 6.76. The zero-order chi connectivity index (χ0) is 19.2. The fourth-order valence-electron chi connectivity index (χ4n) is 3.32. The van der Waals surface area contributed by atoms with Crippen LogP contribution in [0.4, 0.5) is 0 Å². The fourth-order valence-corrected chi connectivity index (χ4v) is 3.32. The molecule has 0 radical (unpaired) electrons. The molecular weight excluding hydrogens is 340 g/mol. The number of rotatable bonds is 5. The highest BCUT2D eigenvalue weighted by Crippen LogP contribution is 2.22. The summed E-state index contributed by atoms with van der Waals surface area (Å²) < 4.78 is 0. The van der Waals surface area contributed by atoms with Gasteiger partial charge >= 0.3 is 0 Å². The van der Waals surface area contributed by atoms with E-state index in [1.807, 2.05) is 42.5 Å². The summed E-state index contributed by atoms with van der Waals surface area (Å²) >= 11 is 0. The van der Waals surface area contributed by atoms with E-state index in [-0.39, 0.29) is 23.9 Å². The molecule has 0 saturated heterocycles. The molecule has 3 N–H and O–H groups in total. The van der Waals surface area contributed by atoms with Crippen LogP contribution in [0.3, 0.4) is 0 Å². The highest BCUT2D eigenvalue weighted by molar-refractivity contribution is 5.95. The van der Waals surface area contributed by atoms with Crippen LogP contribution in [0.2, 0.25) is 0 Å². The first-order valence-electron chi connectivity index (χ1n) is 9.16. The summed E-state index contributed by atoms with van der Waals surface area (Å²) in [7, 11) is 0. The Hall–Kier alpha value is -2.92. The Bertz CT molecular complexity index is 816. The van der Waals surface area contributed by atoms with Gasteiger partial charge in [0.25, 0.3) is 11.8 Å². The van der Waals surface area contributed by atoms with Crippen molar-refractivity contribution >= 4 is 11.8 Å². The lowest BCUT2D eigenvalue weighted by atomic mass is 9.87. The van der Waals surface area contributed by atoms with E-state index in [9.17, 15) is 14.7 Å². The number of carbonyl (C=O) groups excluding carboxylic acids is 2. The Balaban J connectivity index is 1.69. The van der Waals surface area contributed by atoms with Crippen molar-refractivity contribution in [2.45, 2.75) is 38.0 Å². The van der Waals surface area contributed by atoms with Gasteiger partial charge in [0.2, 0.25) is 0 Å². The second-order valence-electron chi connectivity index (χ2n) is 6.76. The molecule has 27 heavy (non-hydrogen) atoms. The van der Waals surface area contributed by atoms with E-state index in [1.54, 1.807) is 31.2 Å². The number of nitrogens with one attached hydrogen (secondary N) is 2. The lowest BCUT2D eigenvalue weighted by molar-refractivity contribution is 0.0913. The maximum Gasteiger partial charge on any atom is 0.251 e. The summed E-state index contributed by atoms with van der Waals surface area (Å²) in [5, 5.41) is 16.1. The van der Waals surface area contributed by atoms with E-state index in [0.717, 1.165) is 5.57 Å². The van der Waals surface area contributed by atoms with Crippen molar-refractivity contribution < 1.29 is 14.7 Å². The van der Waals surface area contributed by atoms with Crippen molar-refractivity contribution in [1.82, 2.24) is 10.6 Å². The molecule has 0 heterocycles. The van der Waals surface area contributed by atoms with Crippen molar-refractivity contribution in [3.05, 3.63) is 83.4 Å². The Morgan fingerprint density at radius 3 is 1.93 bits per heavy atom. The number of aliphatic hydroxyl groups is 1. The van der Waals surface area contributed by atoms with Crippen molar-refractivity contribution in [2.75, 3.05) is 0 Å². The predicted octanol–water partition coefficient (Wildman–Crippen LogP) is 2.68. The highest BCUT2D eigenvalue weighted by Gasteiger charge is 2.28. The zero-order valence-electron chi connectivity index (χ0n) is 15.3. The number of hydrogen-bond acceptors (Lipinski definition) is 3. The number of hydrogen-bond donors (Lipinski definition) is 3. The molecule has 3 rings (SSSR count). The van der Waals surface area contributed by atoms with Crippen LogP contribution in [0, 0.1) is 0 Å². The minimum Gasteiger partial charge on any atom is -0.389 e. The first-order valence-corrected chi connectivity index (χ1v) is 9.16. The van der Waals surface area contributed by atoms with E-state index >= 15 is 0 Å². The van der Waals surface area contributed by atoms with Gasteiger partial charge < -0.3 is 15.7 Å². The van der Waals surface area contributed by atoms with Gasteiger partial charge in [-0.15, -0.1) is 0 Å².